The predicted molar refractivity (Wildman–Crippen MR) is 65.4 cm³/mol. The van der Waals surface area contributed by atoms with Crippen molar-refractivity contribution >= 4 is 0 Å². The molecular formula is C12H21N3O3. The smallest absolute Gasteiger partial charge is 0.233 e. The van der Waals surface area contributed by atoms with Gasteiger partial charge in [0, 0.05) is 19.8 Å². The van der Waals surface area contributed by atoms with Crippen molar-refractivity contribution in [3.05, 3.63) is 11.7 Å². The summed E-state index contributed by atoms with van der Waals surface area (Å²) in [7, 11) is 3.58. The molecule has 0 aliphatic carbocycles. The van der Waals surface area contributed by atoms with Gasteiger partial charge in [0.1, 0.15) is 5.60 Å². The van der Waals surface area contributed by atoms with Crippen LogP contribution in [0.25, 0.3) is 0 Å². The minimum Gasteiger partial charge on any atom is -0.381 e. The Bertz CT molecular complexity index is 392. The van der Waals surface area contributed by atoms with E-state index in [-0.39, 0.29) is 5.92 Å². The van der Waals surface area contributed by atoms with Crippen molar-refractivity contribution in [3.8, 4) is 0 Å². The molecule has 1 fully saturated rings. The summed E-state index contributed by atoms with van der Waals surface area (Å²) in [6.07, 6.45) is 0.951. The number of aromatic nitrogens is 2. The first kappa shape index (κ1) is 13.5. The fraction of sp³-hybridized carbons (Fsp3) is 0.833. The summed E-state index contributed by atoms with van der Waals surface area (Å²) >= 11 is 0. The molecule has 1 N–H and O–H groups in total. The highest BCUT2D eigenvalue weighted by molar-refractivity contribution is 5.04. The zero-order chi connectivity index (χ0) is 13.2. The van der Waals surface area contributed by atoms with E-state index in [0.717, 1.165) is 13.0 Å². The fourth-order valence-corrected chi connectivity index (χ4v) is 2.05. The first-order valence-corrected chi connectivity index (χ1v) is 6.22. The van der Waals surface area contributed by atoms with Gasteiger partial charge in [-0.25, -0.2) is 0 Å². The summed E-state index contributed by atoms with van der Waals surface area (Å²) in [6, 6.07) is 0.317. The van der Waals surface area contributed by atoms with Crippen LogP contribution >= 0.6 is 0 Å². The van der Waals surface area contributed by atoms with Crippen LogP contribution in [0, 0.1) is 0 Å². The number of rotatable bonds is 4. The minimum atomic E-state index is -0.535. The zero-order valence-electron chi connectivity index (χ0n) is 11.4. The molecule has 0 bridgehead atoms. The first-order valence-electron chi connectivity index (χ1n) is 6.22. The largest absolute Gasteiger partial charge is 0.381 e. The number of methoxy groups -OCH3 is 1. The van der Waals surface area contributed by atoms with Gasteiger partial charge in [0.15, 0.2) is 0 Å². The summed E-state index contributed by atoms with van der Waals surface area (Å²) in [5.74, 6) is 1.30. The Morgan fingerprint density at radius 2 is 2.22 bits per heavy atom. The van der Waals surface area contributed by atoms with E-state index in [9.17, 15) is 0 Å². The van der Waals surface area contributed by atoms with Crippen LogP contribution in [0.3, 0.4) is 0 Å². The maximum Gasteiger partial charge on any atom is 0.233 e. The van der Waals surface area contributed by atoms with Crippen LogP contribution in [0.15, 0.2) is 4.52 Å². The van der Waals surface area contributed by atoms with E-state index in [2.05, 4.69) is 15.5 Å². The minimum absolute atomic E-state index is 0.109. The second-order valence-electron chi connectivity index (χ2n) is 5.04. The number of nitrogens with zero attached hydrogens (tertiary/aromatic N) is 2. The molecule has 1 saturated heterocycles. The van der Waals surface area contributed by atoms with E-state index in [1.54, 1.807) is 7.11 Å². The third-order valence-electron chi connectivity index (χ3n) is 3.53. The normalized spacial score (nSPS) is 25.3. The molecular weight excluding hydrogens is 234 g/mol. The van der Waals surface area contributed by atoms with Crippen LogP contribution in [-0.4, -0.2) is 43.6 Å². The third kappa shape index (κ3) is 2.55. The standard InChI is InChI=1S/C12H21N3O3/c1-12(2,16-4)11-14-10(18-15-11)8-7-17-6-5-9(8)13-3/h8-9,13H,5-7H2,1-4H3. The molecule has 0 amide bonds. The summed E-state index contributed by atoms with van der Waals surface area (Å²) < 4.78 is 16.2. The summed E-state index contributed by atoms with van der Waals surface area (Å²) in [5, 5.41) is 7.28. The molecule has 2 unspecified atom stereocenters. The monoisotopic (exact) mass is 255 g/mol. The molecule has 0 saturated carbocycles. The van der Waals surface area contributed by atoms with Crippen LogP contribution in [0.4, 0.5) is 0 Å². The summed E-state index contributed by atoms with van der Waals surface area (Å²) in [4.78, 5) is 4.45. The number of likely N-dealkylation sites (N-methyl/N-ethyl adjacent to an activating group) is 1. The van der Waals surface area contributed by atoms with Gasteiger partial charge in [0.05, 0.1) is 12.5 Å². The van der Waals surface area contributed by atoms with Gasteiger partial charge in [-0.15, -0.1) is 0 Å². The molecule has 1 aromatic heterocycles. The van der Waals surface area contributed by atoms with Crippen LogP contribution < -0.4 is 5.32 Å². The molecule has 2 heterocycles. The number of ether oxygens (including phenoxy) is 2. The lowest BCUT2D eigenvalue weighted by Gasteiger charge is -2.28. The quantitative estimate of drug-likeness (QED) is 0.867. The van der Waals surface area contributed by atoms with Gasteiger partial charge in [-0.1, -0.05) is 5.16 Å². The number of nitrogens with one attached hydrogen (secondary N) is 1. The predicted octanol–water partition coefficient (Wildman–Crippen LogP) is 1.04. The fourth-order valence-electron chi connectivity index (χ4n) is 2.05. The Morgan fingerprint density at radius 1 is 1.44 bits per heavy atom. The highest BCUT2D eigenvalue weighted by Crippen LogP contribution is 2.27. The molecule has 0 radical (unpaired) electrons. The Hall–Kier alpha value is -0.980. The Labute approximate surface area is 107 Å². The van der Waals surface area contributed by atoms with Gasteiger partial charge in [0.25, 0.3) is 0 Å². The topological polar surface area (TPSA) is 69.4 Å². The first-order chi connectivity index (χ1) is 8.58. The van der Waals surface area contributed by atoms with Crippen molar-refractivity contribution in [2.75, 3.05) is 27.4 Å². The zero-order valence-corrected chi connectivity index (χ0v) is 11.4. The van der Waals surface area contributed by atoms with Gasteiger partial charge in [-0.05, 0) is 27.3 Å². The molecule has 18 heavy (non-hydrogen) atoms. The van der Waals surface area contributed by atoms with Crippen molar-refractivity contribution in [3.63, 3.8) is 0 Å². The van der Waals surface area contributed by atoms with E-state index < -0.39 is 5.60 Å². The maximum atomic E-state index is 5.49. The summed E-state index contributed by atoms with van der Waals surface area (Å²) in [6.45, 7) is 5.20. The Morgan fingerprint density at radius 3 is 2.89 bits per heavy atom. The van der Waals surface area contributed by atoms with Gasteiger partial charge < -0.3 is 19.3 Å². The molecule has 102 valence electrons. The van der Waals surface area contributed by atoms with Crippen molar-refractivity contribution in [2.45, 2.75) is 37.8 Å². The van der Waals surface area contributed by atoms with E-state index in [4.69, 9.17) is 14.0 Å². The molecule has 6 nitrogen and oxygen atoms in total. The van der Waals surface area contributed by atoms with Crippen molar-refractivity contribution in [1.82, 2.24) is 15.5 Å². The molecule has 2 atom stereocenters. The lowest BCUT2D eigenvalue weighted by molar-refractivity contribution is 0.00973. The average Bonchev–Trinajstić information content (AvgIpc) is 2.89. The van der Waals surface area contributed by atoms with Crippen LogP contribution in [-0.2, 0) is 15.1 Å². The molecule has 6 heteroatoms. The van der Waals surface area contributed by atoms with Crippen molar-refractivity contribution in [1.29, 1.82) is 0 Å². The second kappa shape index (κ2) is 5.34. The number of hydrogen-bond acceptors (Lipinski definition) is 6. The molecule has 1 aliphatic heterocycles. The molecule has 0 spiro atoms. The average molecular weight is 255 g/mol. The SMILES string of the molecule is CNC1CCOCC1c1nc(C(C)(C)OC)no1. The van der Waals surface area contributed by atoms with Gasteiger partial charge in [-0.3, -0.25) is 0 Å². The molecule has 1 aliphatic rings. The highest BCUT2D eigenvalue weighted by atomic mass is 16.5. The molecule has 0 aromatic carbocycles. The highest BCUT2D eigenvalue weighted by Gasteiger charge is 2.33. The molecule has 2 rings (SSSR count). The number of hydrogen-bond donors (Lipinski definition) is 1. The lowest BCUT2D eigenvalue weighted by atomic mass is 9.96. The van der Waals surface area contributed by atoms with Crippen molar-refractivity contribution < 1.29 is 14.0 Å². The van der Waals surface area contributed by atoms with E-state index in [1.807, 2.05) is 20.9 Å². The molecule has 1 aromatic rings. The van der Waals surface area contributed by atoms with Crippen LogP contribution in [0.5, 0.6) is 0 Å². The second-order valence-corrected chi connectivity index (χ2v) is 5.04. The summed E-state index contributed by atoms with van der Waals surface area (Å²) in [5.41, 5.74) is -0.535. The van der Waals surface area contributed by atoms with Crippen molar-refractivity contribution in [2.24, 2.45) is 0 Å². The third-order valence-corrected chi connectivity index (χ3v) is 3.53. The van der Waals surface area contributed by atoms with Crippen LogP contribution in [0.2, 0.25) is 0 Å². The Kier molecular flexibility index (Phi) is 3.99. The lowest BCUT2D eigenvalue weighted by Crippen LogP contribution is -2.39. The van der Waals surface area contributed by atoms with E-state index in [1.165, 1.54) is 0 Å². The van der Waals surface area contributed by atoms with Gasteiger partial charge in [-0.2, -0.15) is 4.98 Å². The van der Waals surface area contributed by atoms with E-state index in [0.29, 0.717) is 24.4 Å². The van der Waals surface area contributed by atoms with Gasteiger partial charge >= 0.3 is 0 Å². The van der Waals surface area contributed by atoms with E-state index >= 15 is 0 Å². The Balaban J connectivity index is 2.18. The maximum absolute atomic E-state index is 5.49. The van der Waals surface area contributed by atoms with Gasteiger partial charge in [0.2, 0.25) is 11.7 Å². The van der Waals surface area contributed by atoms with Crippen LogP contribution in [0.1, 0.15) is 37.9 Å².